The van der Waals surface area contributed by atoms with Gasteiger partial charge >= 0.3 is 0 Å². The molecule has 2 saturated heterocycles. The Morgan fingerprint density at radius 2 is 1.90 bits per heavy atom. The van der Waals surface area contributed by atoms with Gasteiger partial charge in [-0.1, -0.05) is 29.8 Å². The van der Waals surface area contributed by atoms with Crippen molar-refractivity contribution in [3.63, 3.8) is 0 Å². The van der Waals surface area contributed by atoms with Crippen LogP contribution in [-0.2, 0) is 14.3 Å². The Morgan fingerprint density at radius 3 is 2.65 bits per heavy atom. The predicted octanol–water partition coefficient (Wildman–Crippen LogP) is 2.87. The summed E-state index contributed by atoms with van der Waals surface area (Å²) in [5, 5.41) is 3.44. The number of hydrogen-bond donors (Lipinski definition) is 1. The van der Waals surface area contributed by atoms with Crippen LogP contribution in [0, 0.1) is 6.92 Å². The van der Waals surface area contributed by atoms with Gasteiger partial charge in [0.1, 0.15) is 11.5 Å². The van der Waals surface area contributed by atoms with Crippen molar-refractivity contribution in [3.8, 4) is 11.3 Å². The number of aryl methyl sites for hydroxylation is 1. The first-order valence-corrected chi connectivity index (χ1v) is 10.8. The first-order chi connectivity index (χ1) is 15.1. The first-order valence-electron chi connectivity index (χ1n) is 10.8. The molecule has 1 spiro atoms. The fourth-order valence-electron chi connectivity index (χ4n) is 4.32. The Balaban J connectivity index is 1.26. The monoisotopic (exact) mass is 421 g/mol. The number of amides is 1. The van der Waals surface area contributed by atoms with Crippen molar-refractivity contribution in [2.75, 3.05) is 38.2 Å². The lowest BCUT2D eigenvalue weighted by Gasteiger charge is -2.37. The van der Waals surface area contributed by atoms with E-state index >= 15 is 0 Å². The zero-order valence-corrected chi connectivity index (χ0v) is 17.7. The Labute approximate surface area is 181 Å². The summed E-state index contributed by atoms with van der Waals surface area (Å²) in [6.07, 6.45) is 7.26. The van der Waals surface area contributed by atoms with Crippen molar-refractivity contribution in [1.82, 2.24) is 19.3 Å². The van der Waals surface area contributed by atoms with Crippen LogP contribution in [0.25, 0.3) is 16.9 Å². The van der Waals surface area contributed by atoms with Crippen molar-refractivity contribution in [3.05, 3.63) is 48.4 Å². The van der Waals surface area contributed by atoms with E-state index in [0.717, 1.165) is 35.6 Å². The normalized spacial score (nSPS) is 18.0. The van der Waals surface area contributed by atoms with Crippen LogP contribution in [0.1, 0.15) is 24.8 Å². The van der Waals surface area contributed by atoms with E-state index in [1.165, 1.54) is 5.56 Å². The number of carbonyl (C=O) groups excluding carboxylic acids is 1. The van der Waals surface area contributed by atoms with Gasteiger partial charge in [0.25, 0.3) is 0 Å². The molecule has 0 bridgehead atoms. The molecule has 5 rings (SSSR count). The third-order valence-electron chi connectivity index (χ3n) is 6.08. The number of nitrogens with one attached hydrogen (secondary N) is 1. The standard InChI is InChI=1S/C23H27N5O3/c1-17-2-4-18(5-3-17)21-22(28-13-10-24-16-19(28)26-21)25-9-6-20(29)27-11-7-23(8-12-27)30-14-15-31-23/h2-5,10,13,16,25H,6-9,11-12,14-15H2,1H3. The molecule has 0 unspecified atom stereocenters. The highest BCUT2D eigenvalue weighted by atomic mass is 16.7. The molecule has 0 aliphatic carbocycles. The number of benzene rings is 1. The van der Waals surface area contributed by atoms with Gasteiger partial charge in [-0.05, 0) is 6.92 Å². The summed E-state index contributed by atoms with van der Waals surface area (Å²) < 4.78 is 13.5. The molecule has 0 saturated carbocycles. The van der Waals surface area contributed by atoms with E-state index < -0.39 is 5.79 Å². The molecule has 31 heavy (non-hydrogen) atoms. The van der Waals surface area contributed by atoms with Gasteiger partial charge in [0.15, 0.2) is 11.4 Å². The lowest BCUT2D eigenvalue weighted by Crippen LogP contribution is -2.47. The van der Waals surface area contributed by atoms with Crippen LogP contribution < -0.4 is 5.32 Å². The van der Waals surface area contributed by atoms with Crippen molar-refractivity contribution in [1.29, 1.82) is 0 Å². The lowest BCUT2D eigenvalue weighted by atomic mass is 10.0. The minimum absolute atomic E-state index is 0.146. The summed E-state index contributed by atoms with van der Waals surface area (Å²) >= 11 is 0. The second-order valence-electron chi connectivity index (χ2n) is 8.14. The molecule has 8 heteroatoms. The second kappa shape index (κ2) is 8.28. The topological polar surface area (TPSA) is 81.0 Å². The fraction of sp³-hybridized carbons (Fsp3) is 0.435. The molecular formula is C23H27N5O3. The van der Waals surface area contributed by atoms with Crippen molar-refractivity contribution < 1.29 is 14.3 Å². The number of rotatable bonds is 5. The summed E-state index contributed by atoms with van der Waals surface area (Å²) in [6.45, 7) is 5.24. The smallest absolute Gasteiger partial charge is 0.224 e. The number of piperidine rings is 1. The second-order valence-corrected chi connectivity index (χ2v) is 8.14. The Kier molecular flexibility index (Phi) is 5.33. The number of anilines is 1. The third-order valence-corrected chi connectivity index (χ3v) is 6.08. The molecule has 1 N–H and O–H groups in total. The molecule has 2 fully saturated rings. The summed E-state index contributed by atoms with van der Waals surface area (Å²) in [6, 6.07) is 8.28. The highest BCUT2D eigenvalue weighted by molar-refractivity contribution is 5.79. The van der Waals surface area contributed by atoms with E-state index in [1.54, 1.807) is 12.4 Å². The molecule has 8 nitrogen and oxygen atoms in total. The third kappa shape index (κ3) is 4.00. The van der Waals surface area contributed by atoms with Crippen LogP contribution in [0.15, 0.2) is 42.9 Å². The molecule has 1 aromatic carbocycles. The zero-order chi connectivity index (χ0) is 21.3. The van der Waals surface area contributed by atoms with Gasteiger partial charge in [-0.3, -0.25) is 14.2 Å². The summed E-state index contributed by atoms with van der Waals surface area (Å²) in [5.74, 6) is 0.565. The maximum atomic E-state index is 12.8. The van der Waals surface area contributed by atoms with Gasteiger partial charge in [-0.2, -0.15) is 0 Å². The van der Waals surface area contributed by atoms with Gasteiger partial charge in [-0.25, -0.2) is 4.98 Å². The van der Waals surface area contributed by atoms with Gasteiger partial charge in [0, 0.05) is 56.9 Å². The van der Waals surface area contributed by atoms with E-state index in [1.807, 2.05) is 15.5 Å². The van der Waals surface area contributed by atoms with Crippen LogP contribution >= 0.6 is 0 Å². The molecule has 2 aliphatic rings. The maximum absolute atomic E-state index is 12.8. The largest absolute Gasteiger partial charge is 0.369 e. The van der Waals surface area contributed by atoms with Gasteiger partial charge in [0.05, 0.1) is 19.4 Å². The molecular weight excluding hydrogens is 394 g/mol. The molecule has 0 atom stereocenters. The van der Waals surface area contributed by atoms with Gasteiger partial charge < -0.3 is 19.7 Å². The Hall–Kier alpha value is -2.97. The van der Waals surface area contributed by atoms with Gasteiger partial charge in [-0.15, -0.1) is 0 Å². The molecule has 4 heterocycles. The number of carbonyl (C=O) groups is 1. The number of fused-ring (bicyclic) bond motifs is 1. The molecule has 1 amide bonds. The number of hydrogen-bond acceptors (Lipinski definition) is 6. The van der Waals surface area contributed by atoms with E-state index in [0.29, 0.717) is 39.3 Å². The summed E-state index contributed by atoms with van der Waals surface area (Å²) in [4.78, 5) is 23.6. The van der Waals surface area contributed by atoms with E-state index in [2.05, 4.69) is 41.5 Å². The number of nitrogens with zero attached hydrogens (tertiary/aromatic N) is 4. The summed E-state index contributed by atoms with van der Waals surface area (Å²) in [7, 11) is 0. The van der Waals surface area contributed by atoms with E-state index in [-0.39, 0.29) is 5.91 Å². The van der Waals surface area contributed by atoms with Crippen LogP contribution in [0.2, 0.25) is 0 Å². The van der Waals surface area contributed by atoms with Gasteiger partial charge in [0.2, 0.25) is 5.91 Å². The van der Waals surface area contributed by atoms with Crippen LogP contribution in [0.4, 0.5) is 5.82 Å². The van der Waals surface area contributed by atoms with Crippen LogP contribution in [-0.4, -0.2) is 63.8 Å². The van der Waals surface area contributed by atoms with E-state index in [9.17, 15) is 4.79 Å². The molecule has 0 radical (unpaired) electrons. The minimum atomic E-state index is -0.456. The number of imidazole rings is 1. The number of ether oxygens (including phenoxy) is 2. The Bertz CT molecular complexity index is 1060. The quantitative estimate of drug-likeness (QED) is 0.682. The van der Waals surface area contributed by atoms with E-state index in [4.69, 9.17) is 14.5 Å². The average molecular weight is 422 g/mol. The number of aromatic nitrogens is 3. The fourth-order valence-corrected chi connectivity index (χ4v) is 4.32. The maximum Gasteiger partial charge on any atom is 0.224 e. The molecule has 2 aromatic heterocycles. The summed E-state index contributed by atoms with van der Waals surface area (Å²) in [5.41, 5.74) is 3.85. The highest BCUT2D eigenvalue weighted by Gasteiger charge is 2.40. The first kappa shape index (κ1) is 20.0. The molecule has 162 valence electrons. The molecule has 2 aliphatic heterocycles. The SMILES string of the molecule is Cc1ccc(-c2nc3cnccn3c2NCCC(=O)N2CCC3(CC2)OCCO3)cc1. The highest BCUT2D eigenvalue weighted by Crippen LogP contribution is 2.32. The van der Waals surface area contributed by atoms with Crippen molar-refractivity contribution >= 4 is 17.4 Å². The molecule has 3 aromatic rings. The average Bonchev–Trinajstić information content (AvgIpc) is 3.40. The van der Waals surface area contributed by atoms with Crippen LogP contribution in [0.3, 0.4) is 0 Å². The Morgan fingerprint density at radius 1 is 1.16 bits per heavy atom. The zero-order valence-electron chi connectivity index (χ0n) is 17.7. The van der Waals surface area contributed by atoms with Crippen molar-refractivity contribution in [2.24, 2.45) is 0 Å². The minimum Gasteiger partial charge on any atom is -0.369 e. The van der Waals surface area contributed by atoms with Crippen LogP contribution in [0.5, 0.6) is 0 Å². The lowest BCUT2D eigenvalue weighted by molar-refractivity contribution is -0.187. The number of likely N-dealkylation sites (tertiary alicyclic amines) is 1. The van der Waals surface area contributed by atoms with Crippen molar-refractivity contribution in [2.45, 2.75) is 32.0 Å². The predicted molar refractivity (Wildman–Crippen MR) is 117 cm³/mol.